The Morgan fingerprint density at radius 2 is 2.00 bits per heavy atom. The van der Waals surface area contributed by atoms with E-state index in [0.717, 1.165) is 12.1 Å². The molecule has 1 radical (unpaired) electrons. The molecule has 1 rings (SSSR count). The number of hydrogen-bond acceptors (Lipinski definition) is 3. The van der Waals surface area contributed by atoms with Crippen molar-refractivity contribution < 1.29 is 18.1 Å². The molecule has 0 bridgehead atoms. The van der Waals surface area contributed by atoms with E-state index in [4.69, 9.17) is 9.66 Å². The number of phenols is 1. The molecule has 0 aliphatic carbocycles. The van der Waals surface area contributed by atoms with Crippen LogP contribution in [-0.2, 0) is 10.1 Å². The fraction of sp³-hybridized carbons (Fsp3) is 0. The molecule has 0 saturated carbocycles. The SMILES string of the molecule is O=S(=O)(O)c1c[c]cc(O)c1. The van der Waals surface area contributed by atoms with Gasteiger partial charge in [0.2, 0.25) is 0 Å². The molecule has 0 saturated heterocycles. The zero-order valence-corrected chi connectivity index (χ0v) is 6.17. The molecule has 1 aromatic carbocycles. The number of aromatic hydroxyl groups is 1. The lowest BCUT2D eigenvalue weighted by Gasteiger charge is -1.95. The van der Waals surface area contributed by atoms with Gasteiger partial charge in [0.25, 0.3) is 10.1 Å². The van der Waals surface area contributed by atoms with Gasteiger partial charge in [-0.15, -0.1) is 0 Å². The standard InChI is InChI=1S/C6H5O4S/c7-5-2-1-3-6(4-5)11(8,9)10/h2-4,7H,(H,8,9,10). The Hall–Kier alpha value is -1.07. The van der Waals surface area contributed by atoms with Crippen molar-refractivity contribution in [3.05, 3.63) is 24.3 Å². The zero-order chi connectivity index (χ0) is 8.48. The summed E-state index contributed by atoms with van der Waals surface area (Å²) in [5.74, 6) is -0.250. The van der Waals surface area contributed by atoms with Crippen LogP contribution < -0.4 is 0 Å². The molecule has 0 fully saturated rings. The fourth-order valence-corrected chi connectivity index (χ4v) is 1.07. The van der Waals surface area contributed by atoms with Crippen LogP contribution in [0.2, 0.25) is 0 Å². The zero-order valence-electron chi connectivity index (χ0n) is 5.35. The predicted octanol–water partition coefficient (Wildman–Crippen LogP) is 0.439. The summed E-state index contributed by atoms with van der Waals surface area (Å²) in [7, 11) is -4.22. The molecule has 0 aromatic heterocycles. The van der Waals surface area contributed by atoms with Gasteiger partial charge in [0.15, 0.2) is 0 Å². The second kappa shape index (κ2) is 2.52. The minimum Gasteiger partial charge on any atom is -0.508 e. The second-order valence-electron chi connectivity index (χ2n) is 1.90. The first-order valence-corrected chi connectivity index (χ1v) is 4.12. The van der Waals surface area contributed by atoms with Gasteiger partial charge < -0.3 is 5.11 Å². The Kier molecular flexibility index (Phi) is 1.84. The predicted molar refractivity (Wildman–Crippen MR) is 36.8 cm³/mol. The minimum absolute atomic E-state index is 0.250. The van der Waals surface area contributed by atoms with Gasteiger partial charge in [-0.05, 0) is 18.2 Å². The normalized spacial score (nSPS) is 11.4. The van der Waals surface area contributed by atoms with Crippen LogP contribution in [0.25, 0.3) is 0 Å². The summed E-state index contributed by atoms with van der Waals surface area (Å²) in [6.45, 7) is 0. The van der Waals surface area contributed by atoms with Crippen LogP contribution >= 0.6 is 0 Å². The van der Waals surface area contributed by atoms with E-state index in [2.05, 4.69) is 6.07 Å². The van der Waals surface area contributed by atoms with Gasteiger partial charge in [-0.3, -0.25) is 4.55 Å². The highest BCUT2D eigenvalue weighted by Crippen LogP contribution is 2.14. The third-order valence-electron chi connectivity index (χ3n) is 1.04. The van der Waals surface area contributed by atoms with Gasteiger partial charge in [-0.25, -0.2) is 0 Å². The van der Waals surface area contributed by atoms with Gasteiger partial charge in [-0.1, -0.05) is 0 Å². The number of benzene rings is 1. The first-order chi connectivity index (χ1) is 5.00. The van der Waals surface area contributed by atoms with E-state index >= 15 is 0 Å². The molecule has 11 heavy (non-hydrogen) atoms. The van der Waals surface area contributed by atoms with Crippen LogP contribution in [0.15, 0.2) is 23.1 Å². The quantitative estimate of drug-likeness (QED) is 0.604. The van der Waals surface area contributed by atoms with Gasteiger partial charge in [0.05, 0.1) is 4.90 Å². The summed E-state index contributed by atoms with van der Waals surface area (Å²) in [5.41, 5.74) is 0. The summed E-state index contributed by atoms with van der Waals surface area (Å²) < 4.78 is 29.3. The van der Waals surface area contributed by atoms with E-state index in [1.165, 1.54) is 6.07 Å². The molecule has 1 aromatic rings. The monoisotopic (exact) mass is 173 g/mol. The molecule has 0 aliphatic rings. The molecular weight excluding hydrogens is 168 g/mol. The molecule has 0 aliphatic heterocycles. The number of phenolic OH excluding ortho intramolecular Hbond substituents is 1. The molecule has 0 amide bonds. The Morgan fingerprint density at radius 1 is 1.36 bits per heavy atom. The van der Waals surface area contributed by atoms with E-state index in [-0.39, 0.29) is 10.6 Å². The lowest BCUT2D eigenvalue weighted by Crippen LogP contribution is -1.96. The largest absolute Gasteiger partial charge is 0.508 e. The topological polar surface area (TPSA) is 74.6 Å². The molecule has 0 atom stereocenters. The Morgan fingerprint density at radius 3 is 2.36 bits per heavy atom. The van der Waals surface area contributed by atoms with E-state index in [9.17, 15) is 8.42 Å². The highest BCUT2D eigenvalue weighted by atomic mass is 32.2. The fourth-order valence-electron chi connectivity index (χ4n) is 0.587. The van der Waals surface area contributed by atoms with Crippen LogP contribution in [0, 0.1) is 6.07 Å². The number of hydrogen-bond donors (Lipinski definition) is 2. The highest BCUT2D eigenvalue weighted by molar-refractivity contribution is 7.85. The third-order valence-corrected chi connectivity index (χ3v) is 1.88. The van der Waals surface area contributed by atoms with Crippen molar-refractivity contribution >= 4 is 10.1 Å². The maximum absolute atomic E-state index is 10.4. The molecule has 2 N–H and O–H groups in total. The van der Waals surface area contributed by atoms with Crippen molar-refractivity contribution in [2.75, 3.05) is 0 Å². The molecular formula is C6H5O4S. The molecule has 59 valence electrons. The van der Waals surface area contributed by atoms with Crippen LogP contribution in [-0.4, -0.2) is 18.1 Å². The maximum atomic E-state index is 10.4. The Labute approximate surface area is 63.9 Å². The van der Waals surface area contributed by atoms with E-state index < -0.39 is 10.1 Å². The van der Waals surface area contributed by atoms with Crippen molar-refractivity contribution in [1.82, 2.24) is 0 Å². The lowest BCUT2D eigenvalue weighted by atomic mass is 10.3. The first kappa shape index (κ1) is 8.03. The molecule has 0 unspecified atom stereocenters. The molecule has 4 nitrogen and oxygen atoms in total. The van der Waals surface area contributed by atoms with Crippen LogP contribution in [0.5, 0.6) is 5.75 Å². The summed E-state index contributed by atoms with van der Waals surface area (Å²) in [5, 5.41) is 8.77. The lowest BCUT2D eigenvalue weighted by molar-refractivity contribution is 0.466. The smallest absolute Gasteiger partial charge is 0.294 e. The average Bonchev–Trinajstić information content (AvgIpc) is 1.86. The summed E-state index contributed by atoms with van der Waals surface area (Å²) in [6, 6.07) is 5.54. The van der Waals surface area contributed by atoms with Crippen molar-refractivity contribution in [2.45, 2.75) is 4.90 Å². The van der Waals surface area contributed by atoms with Crippen molar-refractivity contribution in [1.29, 1.82) is 0 Å². The second-order valence-corrected chi connectivity index (χ2v) is 3.32. The first-order valence-electron chi connectivity index (χ1n) is 2.68. The van der Waals surface area contributed by atoms with Crippen LogP contribution in [0.3, 0.4) is 0 Å². The van der Waals surface area contributed by atoms with Gasteiger partial charge >= 0.3 is 0 Å². The average molecular weight is 173 g/mol. The molecule has 0 heterocycles. The van der Waals surface area contributed by atoms with Crippen molar-refractivity contribution in [2.24, 2.45) is 0 Å². The molecule has 5 heteroatoms. The summed E-state index contributed by atoms with van der Waals surface area (Å²) in [4.78, 5) is -0.363. The Balaban J connectivity index is 3.28. The van der Waals surface area contributed by atoms with E-state index in [0.29, 0.717) is 0 Å². The van der Waals surface area contributed by atoms with Gasteiger partial charge in [0, 0.05) is 6.07 Å². The van der Waals surface area contributed by atoms with Crippen LogP contribution in [0.4, 0.5) is 0 Å². The van der Waals surface area contributed by atoms with Crippen molar-refractivity contribution in [3.63, 3.8) is 0 Å². The van der Waals surface area contributed by atoms with Gasteiger partial charge in [0.1, 0.15) is 5.75 Å². The van der Waals surface area contributed by atoms with Crippen LogP contribution in [0.1, 0.15) is 0 Å². The third kappa shape index (κ3) is 1.92. The highest BCUT2D eigenvalue weighted by Gasteiger charge is 2.08. The van der Waals surface area contributed by atoms with Crippen molar-refractivity contribution in [3.8, 4) is 5.75 Å². The maximum Gasteiger partial charge on any atom is 0.294 e. The Bertz CT molecular complexity index is 355. The van der Waals surface area contributed by atoms with Gasteiger partial charge in [-0.2, -0.15) is 8.42 Å². The minimum atomic E-state index is -4.22. The van der Waals surface area contributed by atoms with E-state index in [1.54, 1.807) is 0 Å². The number of rotatable bonds is 1. The van der Waals surface area contributed by atoms with E-state index in [1.807, 2.05) is 0 Å². The molecule has 0 spiro atoms. The summed E-state index contributed by atoms with van der Waals surface area (Å²) >= 11 is 0. The summed E-state index contributed by atoms with van der Waals surface area (Å²) in [6.07, 6.45) is 0.